The van der Waals surface area contributed by atoms with Crippen LogP contribution in [0.3, 0.4) is 0 Å². The van der Waals surface area contributed by atoms with E-state index in [0.717, 1.165) is 31.4 Å². The molecule has 1 aromatic carbocycles. The van der Waals surface area contributed by atoms with Crippen LogP contribution in [-0.2, 0) is 4.74 Å². The molecule has 2 saturated heterocycles. The van der Waals surface area contributed by atoms with Crippen LogP contribution in [0.15, 0.2) is 28.9 Å². The van der Waals surface area contributed by atoms with E-state index in [1.807, 2.05) is 0 Å². The van der Waals surface area contributed by atoms with Gasteiger partial charge in [0.25, 0.3) is 0 Å². The first-order chi connectivity index (χ1) is 17.8. The lowest BCUT2D eigenvalue weighted by Gasteiger charge is -2.40. The number of halogens is 2. The average Bonchev–Trinajstić information content (AvgIpc) is 3.55. The molecular formula is C26H24Cl2N4O5. The number of carboxylic acids is 1. The minimum atomic E-state index is -1.15. The molecule has 2 aliphatic heterocycles. The molecule has 37 heavy (non-hydrogen) atoms. The normalized spacial score (nSPS) is 22.8. The zero-order chi connectivity index (χ0) is 25.8. The number of piperidine rings is 1. The summed E-state index contributed by atoms with van der Waals surface area (Å²) in [4.78, 5) is 35.3. The number of rotatable bonds is 6. The van der Waals surface area contributed by atoms with E-state index in [1.54, 1.807) is 31.3 Å². The van der Waals surface area contributed by atoms with Crippen LogP contribution in [0, 0.1) is 6.92 Å². The predicted molar refractivity (Wildman–Crippen MR) is 135 cm³/mol. The SMILES string of the molecule is Cc1nc(C(=O)O)ncc1N1[C@@H]2CC[C@H]1CC(OC(=O)c1c(-c3c(Cl)cccc3Cl)noc1C1CC1)C2. The van der Waals surface area contributed by atoms with Gasteiger partial charge in [-0.05, 0) is 44.7 Å². The van der Waals surface area contributed by atoms with Crippen molar-refractivity contribution < 1.29 is 24.0 Å². The number of ether oxygens (including phenoxy) is 1. The third-order valence-corrected chi connectivity index (χ3v) is 8.09. The Morgan fingerprint density at radius 2 is 1.78 bits per heavy atom. The fraction of sp³-hybridized carbons (Fsp3) is 0.423. The van der Waals surface area contributed by atoms with Gasteiger partial charge in [0.05, 0.1) is 27.6 Å². The first-order valence-electron chi connectivity index (χ1n) is 12.3. The second-order valence-electron chi connectivity index (χ2n) is 9.90. The molecule has 1 saturated carbocycles. The summed E-state index contributed by atoms with van der Waals surface area (Å²) in [5.41, 5.74) is 2.53. The highest BCUT2D eigenvalue weighted by Crippen LogP contribution is 2.47. The van der Waals surface area contributed by atoms with Gasteiger partial charge in [-0.25, -0.2) is 19.6 Å². The van der Waals surface area contributed by atoms with Crippen molar-refractivity contribution in [3.05, 3.63) is 57.3 Å². The van der Waals surface area contributed by atoms with Gasteiger partial charge in [-0.1, -0.05) is 34.4 Å². The fourth-order valence-electron chi connectivity index (χ4n) is 5.66. The maximum atomic E-state index is 13.6. The molecule has 0 amide bonds. The highest BCUT2D eigenvalue weighted by molar-refractivity contribution is 6.39. The number of aromatic carboxylic acids is 1. The highest BCUT2D eigenvalue weighted by Gasteiger charge is 2.44. The van der Waals surface area contributed by atoms with Crippen LogP contribution < -0.4 is 4.90 Å². The topological polar surface area (TPSA) is 119 Å². The van der Waals surface area contributed by atoms with Crippen molar-refractivity contribution >= 4 is 40.8 Å². The fourth-order valence-corrected chi connectivity index (χ4v) is 6.24. The number of hydrogen-bond acceptors (Lipinski definition) is 8. The number of carbonyl (C=O) groups excluding carboxylic acids is 1. The second kappa shape index (κ2) is 9.29. The Balaban J connectivity index is 1.24. The largest absolute Gasteiger partial charge is 0.475 e. The molecular weight excluding hydrogens is 519 g/mol. The molecule has 11 heteroatoms. The molecule has 3 fully saturated rings. The van der Waals surface area contributed by atoms with Crippen LogP contribution in [0.5, 0.6) is 0 Å². The second-order valence-corrected chi connectivity index (χ2v) is 10.7. The Morgan fingerprint density at radius 3 is 2.38 bits per heavy atom. The quantitative estimate of drug-likeness (QED) is 0.392. The zero-order valence-electron chi connectivity index (χ0n) is 20.0. The Kier molecular flexibility index (Phi) is 6.07. The Bertz CT molecular complexity index is 1370. The summed E-state index contributed by atoms with van der Waals surface area (Å²) >= 11 is 12.9. The van der Waals surface area contributed by atoms with Gasteiger partial charge in [-0.2, -0.15) is 0 Å². The van der Waals surface area contributed by atoms with Gasteiger partial charge >= 0.3 is 11.9 Å². The molecule has 6 rings (SSSR count). The summed E-state index contributed by atoms with van der Waals surface area (Å²) in [6.45, 7) is 1.79. The van der Waals surface area contributed by atoms with Crippen molar-refractivity contribution in [2.75, 3.05) is 4.90 Å². The molecule has 1 aliphatic carbocycles. The van der Waals surface area contributed by atoms with Crippen LogP contribution in [-0.4, -0.2) is 50.4 Å². The minimum Gasteiger partial charge on any atom is -0.475 e. The van der Waals surface area contributed by atoms with Gasteiger partial charge in [0.15, 0.2) is 5.76 Å². The third kappa shape index (κ3) is 4.34. The number of esters is 1. The number of aryl methyl sites for hydroxylation is 1. The van der Waals surface area contributed by atoms with Crippen LogP contribution in [0.25, 0.3) is 11.3 Å². The molecule has 2 bridgehead atoms. The van der Waals surface area contributed by atoms with Gasteiger partial charge in [0.2, 0.25) is 5.82 Å². The maximum Gasteiger partial charge on any atom is 0.373 e. The average molecular weight is 543 g/mol. The summed E-state index contributed by atoms with van der Waals surface area (Å²) in [7, 11) is 0. The predicted octanol–water partition coefficient (Wildman–Crippen LogP) is 5.68. The van der Waals surface area contributed by atoms with Crippen molar-refractivity contribution in [1.29, 1.82) is 0 Å². The first kappa shape index (κ1) is 24.2. The molecule has 1 unspecified atom stereocenters. The number of anilines is 1. The molecule has 3 atom stereocenters. The molecule has 192 valence electrons. The van der Waals surface area contributed by atoms with Crippen LogP contribution in [0.4, 0.5) is 5.69 Å². The monoisotopic (exact) mass is 542 g/mol. The number of hydrogen-bond donors (Lipinski definition) is 1. The van der Waals surface area contributed by atoms with Crippen molar-refractivity contribution in [2.45, 2.75) is 69.6 Å². The number of aromatic nitrogens is 3. The summed E-state index contributed by atoms with van der Waals surface area (Å²) in [5.74, 6) is -1.17. The van der Waals surface area contributed by atoms with Gasteiger partial charge in [0, 0.05) is 36.4 Å². The standard InChI is InChI=1S/C26H24Cl2N4O5/c1-12-19(11-29-24(30-12)25(33)34)32-14-7-8-15(32)10-16(9-14)36-26(35)21-22(31-37-23(21)13-5-6-13)20-17(27)3-2-4-18(20)28/h2-4,11,13-16H,5-10H2,1H3,(H,33,34)/t14-,15+,16?. The lowest BCUT2D eigenvalue weighted by Crippen LogP contribution is -2.46. The van der Waals surface area contributed by atoms with E-state index in [2.05, 4.69) is 20.0 Å². The maximum absolute atomic E-state index is 13.6. The minimum absolute atomic E-state index is 0.136. The van der Waals surface area contributed by atoms with E-state index < -0.39 is 11.9 Å². The Morgan fingerprint density at radius 1 is 1.11 bits per heavy atom. The van der Waals surface area contributed by atoms with Crippen LogP contribution in [0.2, 0.25) is 10.0 Å². The van der Waals surface area contributed by atoms with E-state index in [4.69, 9.17) is 32.5 Å². The molecule has 3 aliphatic rings. The summed E-state index contributed by atoms with van der Waals surface area (Å²) in [6, 6.07) is 5.41. The lowest BCUT2D eigenvalue weighted by molar-refractivity contribution is 0.0202. The van der Waals surface area contributed by atoms with Crippen molar-refractivity contribution in [3.8, 4) is 11.3 Å². The van der Waals surface area contributed by atoms with Crippen LogP contribution in [0.1, 0.15) is 76.9 Å². The smallest absolute Gasteiger partial charge is 0.373 e. The summed E-state index contributed by atoms with van der Waals surface area (Å²) in [6.07, 6.45) is 6.34. The number of benzene rings is 1. The third-order valence-electron chi connectivity index (χ3n) is 7.46. The van der Waals surface area contributed by atoms with Gasteiger partial charge in [-0.15, -0.1) is 0 Å². The van der Waals surface area contributed by atoms with E-state index in [9.17, 15) is 14.7 Å². The van der Waals surface area contributed by atoms with E-state index in [0.29, 0.717) is 51.2 Å². The van der Waals surface area contributed by atoms with Gasteiger partial charge in [-0.3, -0.25) is 0 Å². The number of carbonyl (C=O) groups is 2. The zero-order valence-corrected chi connectivity index (χ0v) is 21.5. The van der Waals surface area contributed by atoms with Gasteiger partial charge in [0.1, 0.15) is 17.4 Å². The van der Waals surface area contributed by atoms with E-state index in [-0.39, 0.29) is 29.9 Å². The molecule has 0 radical (unpaired) electrons. The van der Waals surface area contributed by atoms with Crippen LogP contribution >= 0.6 is 23.2 Å². The molecule has 2 aromatic heterocycles. The lowest BCUT2D eigenvalue weighted by atomic mass is 9.98. The first-order valence-corrected chi connectivity index (χ1v) is 13.1. The Hall–Kier alpha value is -3.17. The Labute approximate surface area is 222 Å². The van der Waals surface area contributed by atoms with Crippen molar-refractivity contribution in [1.82, 2.24) is 15.1 Å². The van der Waals surface area contributed by atoms with E-state index >= 15 is 0 Å². The highest BCUT2D eigenvalue weighted by atomic mass is 35.5. The van der Waals surface area contributed by atoms with Gasteiger partial charge < -0.3 is 19.3 Å². The van der Waals surface area contributed by atoms with Crippen molar-refractivity contribution in [3.63, 3.8) is 0 Å². The molecule has 0 spiro atoms. The number of nitrogens with zero attached hydrogens (tertiary/aromatic N) is 4. The number of carboxylic acid groups (broad SMARTS) is 1. The molecule has 3 aromatic rings. The summed E-state index contributed by atoms with van der Waals surface area (Å²) in [5, 5.41) is 14.2. The van der Waals surface area contributed by atoms with E-state index in [1.165, 1.54) is 0 Å². The molecule has 1 N–H and O–H groups in total. The summed E-state index contributed by atoms with van der Waals surface area (Å²) < 4.78 is 11.7. The molecule has 4 heterocycles. The molecule has 9 nitrogen and oxygen atoms in total. The number of fused-ring (bicyclic) bond motifs is 2. The van der Waals surface area contributed by atoms with Crippen molar-refractivity contribution in [2.24, 2.45) is 0 Å².